The van der Waals surface area contributed by atoms with E-state index in [4.69, 9.17) is 0 Å². The third kappa shape index (κ3) is 4.22. The Hall–Kier alpha value is -2.03. The van der Waals surface area contributed by atoms with E-state index in [0.717, 1.165) is 5.69 Å². The summed E-state index contributed by atoms with van der Waals surface area (Å²) in [6, 6.07) is 3.01. The first-order valence-electron chi connectivity index (χ1n) is 6.24. The highest BCUT2D eigenvalue weighted by Gasteiger charge is 2.49. The van der Waals surface area contributed by atoms with Gasteiger partial charge in [0.2, 0.25) is 0 Å². The molecule has 0 atom stereocenters. The summed E-state index contributed by atoms with van der Waals surface area (Å²) in [7, 11) is -0.949. The zero-order valence-electron chi connectivity index (χ0n) is 12.4. The van der Waals surface area contributed by atoms with E-state index in [9.17, 15) is 18.1 Å². The molecule has 9 heteroatoms. The predicted molar refractivity (Wildman–Crippen MR) is 75.1 cm³/mol. The van der Waals surface area contributed by atoms with Crippen LogP contribution in [0.5, 0.6) is 0 Å². The van der Waals surface area contributed by atoms with Crippen LogP contribution in [0.15, 0.2) is 24.5 Å². The number of hydrogen-bond acceptors (Lipinski definition) is 6. The molecular weight excluding hydrogens is 298 g/mol. The minimum atomic E-state index is -4.53. The molecule has 0 aliphatic heterocycles. The van der Waals surface area contributed by atoms with E-state index >= 15 is 0 Å². The van der Waals surface area contributed by atoms with E-state index in [1.54, 1.807) is 32.8 Å². The van der Waals surface area contributed by atoms with Gasteiger partial charge in [-0.05, 0) is 9.89 Å². The second kappa shape index (κ2) is 6.61. The molecule has 1 rings (SSSR count). The van der Waals surface area contributed by atoms with Gasteiger partial charge in [0.15, 0.2) is 12.4 Å². The van der Waals surface area contributed by atoms with Gasteiger partial charge in [-0.1, -0.05) is 13.8 Å². The molecule has 0 spiro atoms. The highest BCUT2D eigenvalue weighted by atomic mass is 32.2. The number of ether oxygens (including phenoxy) is 1. The minimum absolute atomic E-state index is 0.00270. The Morgan fingerprint density at radius 2 is 1.86 bits per heavy atom. The van der Waals surface area contributed by atoms with Crippen LogP contribution in [-0.4, -0.2) is 39.4 Å². The Morgan fingerprint density at radius 1 is 1.33 bits per heavy atom. The fourth-order valence-electron chi connectivity index (χ4n) is 1.33. The fraction of sp³-hybridized carbons (Fsp3) is 0.500. The first kappa shape index (κ1) is 17.0. The normalized spacial score (nSPS) is 11.3. The lowest BCUT2D eigenvalue weighted by Gasteiger charge is -2.09. The number of nitroso groups, excluding NO2 is 1. The zero-order valence-corrected chi connectivity index (χ0v) is 13.2. The van der Waals surface area contributed by atoms with Crippen molar-refractivity contribution in [2.75, 3.05) is 25.6 Å². The van der Waals surface area contributed by atoms with E-state index in [2.05, 4.69) is 4.74 Å². The van der Waals surface area contributed by atoms with Gasteiger partial charge in [0.25, 0.3) is 4.17 Å². The fourth-order valence-corrected chi connectivity index (χ4v) is 2.17. The molecule has 0 aromatic carbocycles. The summed E-state index contributed by atoms with van der Waals surface area (Å²) in [5.41, 5.74) is 0.751. The lowest BCUT2D eigenvalue weighted by Crippen LogP contribution is -2.49. The number of nitrogens with zero attached hydrogens (tertiary/aromatic N) is 3. The van der Waals surface area contributed by atoms with Crippen LogP contribution in [0.3, 0.4) is 0 Å². The van der Waals surface area contributed by atoms with Gasteiger partial charge in [-0.2, -0.15) is 4.79 Å². The molecular formula is C12H19N3O5S+2. The van der Waals surface area contributed by atoms with E-state index in [-0.39, 0.29) is 12.5 Å². The maximum atomic E-state index is 12.0. The van der Waals surface area contributed by atoms with Crippen LogP contribution in [-0.2, 0) is 14.9 Å². The molecule has 0 radical (unpaired) electrons. The second-order valence-electron chi connectivity index (χ2n) is 4.99. The van der Waals surface area contributed by atoms with Gasteiger partial charge in [-0.3, -0.25) is 0 Å². The van der Waals surface area contributed by atoms with Crippen LogP contribution < -0.4 is 8.87 Å². The molecule has 0 aliphatic rings. The highest BCUT2D eigenvalue weighted by molar-refractivity contribution is 7.78. The molecule has 0 fully saturated rings. The molecule has 0 saturated carbocycles. The predicted octanol–water partition coefficient (Wildman–Crippen LogP) is 0.704. The Kier molecular flexibility index (Phi) is 5.36. The van der Waals surface area contributed by atoms with Crippen molar-refractivity contribution in [3.05, 3.63) is 29.4 Å². The maximum absolute atomic E-state index is 12.0. The molecule has 21 heavy (non-hydrogen) atoms. The number of hydrogen-bond donors (Lipinski definition) is 0. The van der Waals surface area contributed by atoms with Gasteiger partial charge in [0.1, 0.15) is 6.61 Å². The van der Waals surface area contributed by atoms with Crippen LogP contribution in [0.4, 0.5) is 10.5 Å². The van der Waals surface area contributed by atoms with Crippen molar-refractivity contribution in [2.45, 2.75) is 13.8 Å². The number of rotatable bonds is 5. The lowest BCUT2D eigenvalue weighted by molar-refractivity contribution is -0.558. The average molecular weight is 317 g/mol. The molecule has 8 nitrogen and oxygen atoms in total. The van der Waals surface area contributed by atoms with E-state index < -0.39 is 20.5 Å². The minimum Gasteiger partial charge on any atom is -0.407 e. The van der Waals surface area contributed by atoms with Crippen molar-refractivity contribution in [2.24, 2.45) is 5.92 Å². The summed E-state index contributed by atoms with van der Waals surface area (Å²) >= 11 is 0. The molecule has 1 amide bonds. The smallest absolute Gasteiger partial charge is 0.407 e. The molecule has 1 aromatic rings. The first-order valence-corrected chi connectivity index (χ1v) is 7.64. The number of amides is 1. The third-order valence-corrected chi connectivity index (χ3v) is 3.81. The largest absolute Gasteiger partial charge is 0.671 e. The summed E-state index contributed by atoms with van der Waals surface area (Å²) in [5, 5.41) is 0. The molecule has 0 N–H and O–H groups in total. The van der Waals surface area contributed by atoms with E-state index in [0.29, 0.717) is 3.97 Å². The molecule has 116 valence electrons. The summed E-state index contributed by atoms with van der Waals surface area (Å²) in [5.74, 6) is -0.00270. The van der Waals surface area contributed by atoms with Crippen LogP contribution in [0.1, 0.15) is 13.8 Å². The Bertz CT molecular complexity index is 623. The first-order chi connectivity index (χ1) is 9.66. The van der Waals surface area contributed by atoms with Gasteiger partial charge in [-0.15, -0.1) is 8.42 Å². The van der Waals surface area contributed by atoms with E-state index in [1.165, 1.54) is 24.5 Å². The van der Waals surface area contributed by atoms with Crippen LogP contribution in [0, 0.1) is 10.8 Å². The molecule has 0 aliphatic carbocycles. The van der Waals surface area contributed by atoms with Gasteiger partial charge >= 0.3 is 16.3 Å². The van der Waals surface area contributed by atoms with Crippen molar-refractivity contribution in [1.29, 1.82) is 0 Å². The SMILES string of the molecule is CC(C)COC(=O)[N+](=O)S(=O)(=O)[n+]1ccc(N(C)C)cc1. The summed E-state index contributed by atoms with van der Waals surface area (Å²) < 4.78 is 28.5. The number of carbonyl (C=O) groups is 1. The van der Waals surface area contributed by atoms with Crippen molar-refractivity contribution in [3.63, 3.8) is 0 Å². The number of pyridine rings is 1. The summed E-state index contributed by atoms with van der Waals surface area (Å²) in [4.78, 5) is 24.8. The molecule has 0 saturated heterocycles. The standard InChI is InChI=1S/C12H19N3O5S/c1-10(2)9-20-12(16)15(17)21(18,19)14-7-5-11(6-8-14)13(3)4/h5-8,10H,9H2,1-4H3/q+2. The van der Waals surface area contributed by atoms with Crippen LogP contribution in [0.2, 0.25) is 0 Å². The summed E-state index contributed by atoms with van der Waals surface area (Å²) in [6.07, 6.45) is 0.921. The van der Waals surface area contributed by atoms with Gasteiger partial charge in [0.05, 0.1) is 4.91 Å². The Balaban J connectivity index is 2.94. The summed E-state index contributed by atoms with van der Waals surface area (Å²) in [6.45, 7) is 3.51. The lowest BCUT2D eigenvalue weighted by atomic mass is 10.2. The average Bonchev–Trinajstić information content (AvgIpc) is 2.43. The number of anilines is 1. The van der Waals surface area contributed by atoms with Crippen LogP contribution >= 0.6 is 0 Å². The Labute approximate surface area is 123 Å². The maximum Gasteiger partial charge on any atom is 0.671 e. The molecule has 1 aromatic heterocycles. The monoisotopic (exact) mass is 317 g/mol. The molecule has 1 heterocycles. The van der Waals surface area contributed by atoms with Gasteiger partial charge in [0, 0.05) is 31.9 Å². The van der Waals surface area contributed by atoms with Crippen molar-refractivity contribution in [3.8, 4) is 0 Å². The highest BCUT2D eigenvalue weighted by Crippen LogP contribution is 2.07. The van der Waals surface area contributed by atoms with Crippen molar-refractivity contribution < 1.29 is 26.1 Å². The third-order valence-electron chi connectivity index (χ3n) is 2.47. The quantitative estimate of drug-likeness (QED) is 0.743. The van der Waals surface area contributed by atoms with Crippen LogP contribution in [0.25, 0.3) is 0 Å². The zero-order chi connectivity index (χ0) is 16.2. The Morgan fingerprint density at radius 3 is 2.29 bits per heavy atom. The second-order valence-corrected chi connectivity index (χ2v) is 6.64. The van der Waals surface area contributed by atoms with E-state index in [1.807, 2.05) is 0 Å². The molecule has 0 bridgehead atoms. The molecule has 0 unspecified atom stereocenters. The number of carbonyl (C=O) groups excluding carboxylic acids is 1. The topological polar surface area (TPSA) is 87.6 Å². The van der Waals surface area contributed by atoms with Crippen molar-refractivity contribution >= 4 is 22.0 Å². The number of aromatic nitrogens is 1. The van der Waals surface area contributed by atoms with Gasteiger partial charge < -0.3 is 9.64 Å². The van der Waals surface area contributed by atoms with Crippen molar-refractivity contribution in [1.82, 2.24) is 0 Å². The van der Waals surface area contributed by atoms with Gasteiger partial charge in [-0.25, -0.2) is 0 Å².